The highest BCUT2D eigenvalue weighted by Gasteiger charge is 2.24. The van der Waals surface area contributed by atoms with Crippen LogP contribution in [0, 0.1) is 6.92 Å². The normalized spacial score (nSPS) is 19.7. The second-order valence-corrected chi connectivity index (χ2v) is 5.82. The van der Waals surface area contributed by atoms with E-state index >= 15 is 0 Å². The van der Waals surface area contributed by atoms with Gasteiger partial charge in [-0.1, -0.05) is 0 Å². The summed E-state index contributed by atoms with van der Waals surface area (Å²) >= 11 is 1.68. The fraction of sp³-hybridized carbons (Fsp3) is 0.500. The van der Waals surface area contributed by atoms with E-state index < -0.39 is 0 Å². The second kappa shape index (κ2) is 4.37. The van der Waals surface area contributed by atoms with Gasteiger partial charge in [0.1, 0.15) is 10.6 Å². The van der Waals surface area contributed by atoms with Crippen molar-refractivity contribution in [3.8, 4) is 0 Å². The Morgan fingerprint density at radius 2 is 2.33 bits per heavy atom. The molecular weight excluding hydrogens is 248 g/mol. The largest absolute Gasteiger partial charge is 0.391 e. The third kappa shape index (κ3) is 1.91. The highest BCUT2D eigenvalue weighted by molar-refractivity contribution is 7.18. The maximum atomic E-state index is 9.67. The number of nitrogens with zero attached hydrogens (tertiary/aromatic N) is 3. The average Bonchev–Trinajstić information content (AvgIpc) is 2.92. The van der Waals surface area contributed by atoms with Crippen molar-refractivity contribution in [1.29, 1.82) is 0 Å². The summed E-state index contributed by atoms with van der Waals surface area (Å²) in [4.78, 5) is 13.4. The van der Waals surface area contributed by atoms with E-state index in [-0.39, 0.29) is 6.10 Å². The van der Waals surface area contributed by atoms with Crippen LogP contribution in [-0.4, -0.2) is 41.3 Å². The van der Waals surface area contributed by atoms with Crippen LogP contribution >= 0.6 is 11.3 Å². The predicted molar refractivity (Wildman–Crippen MR) is 74.5 cm³/mol. The molecule has 1 atom stereocenters. The highest BCUT2D eigenvalue weighted by atomic mass is 32.1. The zero-order valence-electron chi connectivity index (χ0n) is 10.5. The summed E-state index contributed by atoms with van der Waals surface area (Å²) in [5, 5.41) is 13.8. The van der Waals surface area contributed by atoms with Gasteiger partial charge < -0.3 is 15.3 Å². The maximum Gasteiger partial charge on any atom is 0.225 e. The lowest BCUT2D eigenvalue weighted by molar-refractivity contribution is 0.198. The van der Waals surface area contributed by atoms with Gasteiger partial charge in [-0.2, -0.15) is 4.98 Å². The summed E-state index contributed by atoms with van der Waals surface area (Å²) < 4.78 is 0. The van der Waals surface area contributed by atoms with Gasteiger partial charge in [-0.15, -0.1) is 11.3 Å². The molecule has 0 aromatic carbocycles. The third-order valence-electron chi connectivity index (χ3n) is 3.18. The first-order valence-electron chi connectivity index (χ1n) is 6.06. The van der Waals surface area contributed by atoms with Crippen LogP contribution in [0.2, 0.25) is 0 Å². The van der Waals surface area contributed by atoms with Gasteiger partial charge in [0, 0.05) is 25.0 Å². The number of hydrogen-bond donors (Lipinski definition) is 2. The molecule has 0 spiro atoms. The van der Waals surface area contributed by atoms with Crippen LogP contribution in [0.25, 0.3) is 10.2 Å². The topological polar surface area (TPSA) is 61.3 Å². The van der Waals surface area contributed by atoms with Crippen molar-refractivity contribution < 1.29 is 5.11 Å². The van der Waals surface area contributed by atoms with Crippen LogP contribution in [0.4, 0.5) is 11.8 Å². The number of β-amino-alcohol motifs (C(OH)–C–C–N with tert-alkyl or cyclic N) is 1. The van der Waals surface area contributed by atoms with Crippen molar-refractivity contribution in [2.75, 3.05) is 30.4 Å². The molecule has 1 fully saturated rings. The number of fused-ring (bicyclic) bond motifs is 1. The van der Waals surface area contributed by atoms with Crippen molar-refractivity contribution in [3.05, 3.63) is 10.9 Å². The molecule has 96 valence electrons. The minimum Gasteiger partial charge on any atom is -0.391 e. The Kier molecular flexibility index (Phi) is 2.83. The Morgan fingerprint density at radius 1 is 1.50 bits per heavy atom. The van der Waals surface area contributed by atoms with Crippen molar-refractivity contribution in [1.82, 2.24) is 9.97 Å². The number of thiophene rings is 1. The number of rotatable bonds is 2. The molecule has 6 heteroatoms. The van der Waals surface area contributed by atoms with E-state index in [0.717, 1.165) is 29.0 Å². The molecular formula is C12H16N4OS. The first kappa shape index (κ1) is 11.7. The summed E-state index contributed by atoms with van der Waals surface area (Å²) in [7, 11) is 1.82. The van der Waals surface area contributed by atoms with Crippen molar-refractivity contribution in [2.24, 2.45) is 0 Å². The van der Waals surface area contributed by atoms with E-state index in [1.165, 1.54) is 4.88 Å². The van der Waals surface area contributed by atoms with E-state index in [2.05, 4.69) is 33.2 Å². The lowest BCUT2D eigenvalue weighted by atomic mass is 10.3. The standard InChI is InChI=1S/C12H16N4OS/c1-7-5-9-10(16-4-3-8(17)6-16)14-12(13-2)15-11(9)18-7/h5,8,17H,3-4,6H2,1-2H3,(H,13,14,15). The Morgan fingerprint density at radius 3 is 3.00 bits per heavy atom. The fourth-order valence-electron chi connectivity index (χ4n) is 2.31. The smallest absolute Gasteiger partial charge is 0.225 e. The molecule has 2 aromatic heterocycles. The molecule has 3 rings (SSSR count). The molecule has 0 amide bonds. The Balaban J connectivity index is 2.13. The third-order valence-corrected chi connectivity index (χ3v) is 4.13. The van der Waals surface area contributed by atoms with Gasteiger partial charge in [0.15, 0.2) is 0 Å². The molecule has 0 aliphatic carbocycles. The molecule has 1 aliphatic rings. The molecule has 3 heterocycles. The second-order valence-electron chi connectivity index (χ2n) is 4.59. The number of aliphatic hydroxyl groups excluding tert-OH is 1. The zero-order valence-corrected chi connectivity index (χ0v) is 11.3. The summed E-state index contributed by atoms with van der Waals surface area (Å²) in [5.74, 6) is 1.57. The van der Waals surface area contributed by atoms with Crippen LogP contribution in [0.1, 0.15) is 11.3 Å². The van der Waals surface area contributed by atoms with E-state index in [9.17, 15) is 5.11 Å². The number of aryl methyl sites for hydroxylation is 1. The summed E-state index contributed by atoms with van der Waals surface area (Å²) in [6.07, 6.45) is 0.566. The lowest BCUT2D eigenvalue weighted by Crippen LogP contribution is -2.22. The molecule has 18 heavy (non-hydrogen) atoms. The van der Waals surface area contributed by atoms with Crippen LogP contribution < -0.4 is 10.2 Å². The van der Waals surface area contributed by atoms with Crippen molar-refractivity contribution in [3.63, 3.8) is 0 Å². The highest BCUT2D eigenvalue weighted by Crippen LogP contribution is 2.33. The predicted octanol–water partition coefficient (Wildman–Crippen LogP) is 1.61. The van der Waals surface area contributed by atoms with E-state index in [0.29, 0.717) is 12.5 Å². The lowest BCUT2D eigenvalue weighted by Gasteiger charge is -2.18. The summed E-state index contributed by atoms with van der Waals surface area (Å²) in [6, 6.07) is 2.12. The number of aliphatic hydroxyl groups is 1. The molecule has 2 N–H and O–H groups in total. The van der Waals surface area contributed by atoms with Gasteiger partial charge in [-0.25, -0.2) is 4.98 Å². The van der Waals surface area contributed by atoms with E-state index in [4.69, 9.17) is 0 Å². The van der Waals surface area contributed by atoms with E-state index in [1.54, 1.807) is 11.3 Å². The van der Waals surface area contributed by atoms with Gasteiger partial charge in [0.05, 0.1) is 11.5 Å². The average molecular weight is 264 g/mol. The van der Waals surface area contributed by atoms with E-state index in [1.807, 2.05) is 7.05 Å². The Bertz CT molecular complexity index is 583. The van der Waals surface area contributed by atoms with Gasteiger partial charge in [-0.3, -0.25) is 0 Å². The number of hydrogen-bond acceptors (Lipinski definition) is 6. The molecule has 0 radical (unpaired) electrons. The van der Waals surface area contributed by atoms with Gasteiger partial charge >= 0.3 is 0 Å². The minimum atomic E-state index is -0.243. The first-order chi connectivity index (χ1) is 8.67. The van der Waals surface area contributed by atoms with Crippen LogP contribution in [0.15, 0.2) is 6.07 Å². The van der Waals surface area contributed by atoms with Crippen LogP contribution in [-0.2, 0) is 0 Å². The molecule has 0 bridgehead atoms. The fourth-order valence-corrected chi connectivity index (χ4v) is 3.19. The van der Waals surface area contributed by atoms with Crippen molar-refractivity contribution >= 4 is 33.3 Å². The van der Waals surface area contributed by atoms with Gasteiger partial charge in [-0.05, 0) is 19.4 Å². The number of aromatic nitrogens is 2. The Hall–Kier alpha value is -1.40. The van der Waals surface area contributed by atoms with Crippen LogP contribution in [0.3, 0.4) is 0 Å². The maximum absolute atomic E-state index is 9.67. The SMILES string of the molecule is CNc1nc(N2CCC(O)C2)c2cc(C)sc2n1. The summed E-state index contributed by atoms with van der Waals surface area (Å²) in [5.41, 5.74) is 0. The molecule has 0 saturated carbocycles. The summed E-state index contributed by atoms with van der Waals surface area (Å²) in [6.45, 7) is 3.59. The molecule has 5 nitrogen and oxygen atoms in total. The van der Waals surface area contributed by atoms with Crippen molar-refractivity contribution in [2.45, 2.75) is 19.4 Å². The van der Waals surface area contributed by atoms with Gasteiger partial charge in [0.2, 0.25) is 5.95 Å². The first-order valence-corrected chi connectivity index (χ1v) is 6.88. The molecule has 1 unspecified atom stereocenters. The quantitative estimate of drug-likeness (QED) is 0.863. The number of anilines is 2. The Labute approximate surface area is 109 Å². The number of nitrogens with one attached hydrogen (secondary N) is 1. The van der Waals surface area contributed by atoms with Crippen LogP contribution in [0.5, 0.6) is 0 Å². The molecule has 2 aromatic rings. The molecule has 1 aliphatic heterocycles. The zero-order chi connectivity index (χ0) is 12.7. The van der Waals surface area contributed by atoms with Gasteiger partial charge in [0.25, 0.3) is 0 Å². The monoisotopic (exact) mass is 264 g/mol. The molecule has 1 saturated heterocycles. The minimum absolute atomic E-state index is 0.243.